The van der Waals surface area contributed by atoms with Gasteiger partial charge in [0.05, 0.1) is 19.8 Å². The summed E-state index contributed by atoms with van der Waals surface area (Å²) in [4.78, 5) is 6.19. The normalized spacial score (nSPS) is 18.6. The molecule has 0 N–H and O–H groups in total. The summed E-state index contributed by atoms with van der Waals surface area (Å²) in [6, 6.07) is 43.6. The lowest BCUT2D eigenvalue weighted by molar-refractivity contribution is 0.122. The molecule has 3 aliphatic rings. The van der Waals surface area contributed by atoms with E-state index in [1.54, 1.807) is 0 Å². The van der Waals surface area contributed by atoms with Crippen molar-refractivity contribution in [2.75, 3.05) is 31.2 Å². The molecule has 7 aromatic carbocycles. The Labute approximate surface area is 298 Å². The largest absolute Gasteiger partial charge is 0.472 e. The van der Waals surface area contributed by atoms with Crippen LogP contribution in [0.15, 0.2) is 127 Å². The van der Waals surface area contributed by atoms with Crippen molar-refractivity contribution >= 4 is 49.8 Å². The Morgan fingerprint density at radius 1 is 0.686 bits per heavy atom. The van der Waals surface area contributed by atoms with Crippen molar-refractivity contribution in [1.82, 2.24) is 0 Å². The molecule has 1 saturated heterocycles. The number of morpholine rings is 1. The SMILES string of the molecule is [C-]#[N+]c1ccc2c(c1)C(C)(C)c1c3c(c4ccccc4c1-2)OC(c1ccc(N2CCOCC2)cc1)(c1cc2ccccc2c2ccccc12)C=C3. The zero-order valence-electron chi connectivity index (χ0n) is 28.7. The third-order valence-electron chi connectivity index (χ3n) is 11.5. The average molecular weight is 661 g/mol. The number of anilines is 1. The van der Waals surface area contributed by atoms with Crippen LogP contribution < -0.4 is 9.64 Å². The lowest BCUT2D eigenvalue weighted by Crippen LogP contribution is -2.37. The molecule has 10 rings (SSSR count). The standard InChI is InChI=1S/C47H36N2O2/c1-46(2)41-29-32(48-3)18-21-39(41)43-37-14-8-9-15-38(37)45-40(44(43)46)22-23-47(51-45,31-16-19-33(20-17-31)49-24-26-50-27-25-49)42-28-30-10-4-5-11-34(30)35-12-6-7-13-36(35)42/h4-23,28-29H,24-27H2,1-2H3. The van der Waals surface area contributed by atoms with Crippen molar-refractivity contribution in [3.05, 3.63) is 167 Å². The van der Waals surface area contributed by atoms with Gasteiger partial charge in [-0.05, 0) is 73.5 Å². The number of fused-ring (bicyclic) bond motifs is 11. The molecule has 0 aromatic heterocycles. The molecule has 4 heteroatoms. The summed E-state index contributed by atoms with van der Waals surface area (Å²) in [5.74, 6) is 0.896. The molecule has 1 unspecified atom stereocenters. The zero-order valence-corrected chi connectivity index (χ0v) is 28.7. The summed E-state index contributed by atoms with van der Waals surface area (Å²) in [6.07, 6.45) is 4.63. The maximum Gasteiger partial charge on any atom is 0.187 e. The van der Waals surface area contributed by atoms with E-state index in [9.17, 15) is 0 Å². The molecule has 0 bridgehead atoms. The second-order valence-corrected chi connectivity index (χ2v) is 14.5. The molecule has 0 saturated carbocycles. The Bertz CT molecular complexity index is 2640. The van der Waals surface area contributed by atoms with Crippen molar-refractivity contribution in [2.45, 2.75) is 24.9 Å². The highest BCUT2D eigenvalue weighted by molar-refractivity contribution is 6.11. The molecule has 1 fully saturated rings. The van der Waals surface area contributed by atoms with Crippen LogP contribution in [0.4, 0.5) is 11.4 Å². The summed E-state index contributed by atoms with van der Waals surface area (Å²) < 4.78 is 13.4. The predicted octanol–water partition coefficient (Wildman–Crippen LogP) is 11.2. The summed E-state index contributed by atoms with van der Waals surface area (Å²) >= 11 is 0. The third kappa shape index (κ3) is 4.28. The van der Waals surface area contributed by atoms with Gasteiger partial charge in [-0.2, -0.15) is 0 Å². The maximum absolute atomic E-state index is 7.75. The van der Waals surface area contributed by atoms with E-state index in [-0.39, 0.29) is 5.41 Å². The monoisotopic (exact) mass is 660 g/mol. The van der Waals surface area contributed by atoms with E-state index in [0.717, 1.165) is 54.1 Å². The molecule has 7 aromatic rings. The van der Waals surface area contributed by atoms with Gasteiger partial charge in [-0.3, -0.25) is 0 Å². The Hall–Kier alpha value is -5.89. The number of benzene rings is 7. The molecule has 0 spiro atoms. The summed E-state index contributed by atoms with van der Waals surface area (Å²) in [6.45, 7) is 15.6. The van der Waals surface area contributed by atoms with Crippen LogP contribution in [-0.2, 0) is 15.8 Å². The maximum atomic E-state index is 7.75. The molecular formula is C47H36N2O2. The van der Waals surface area contributed by atoms with E-state index >= 15 is 0 Å². The minimum Gasteiger partial charge on any atom is -0.472 e. The Morgan fingerprint density at radius 3 is 2.14 bits per heavy atom. The van der Waals surface area contributed by atoms with Crippen LogP contribution in [0.25, 0.3) is 54.4 Å². The van der Waals surface area contributed by atoms with Crippen LogP contribution in [0.2, 0.25) is 0 Å². The second kappa shape index (κ2) is 11.1. The zero-order chi connectivity index (χ0) is 34.3. The molecule has 4 nitrogen and oxygen atoms in total. The summed E-state index contributed by atoms with van der Waals surface area (Å²) in [7, 11) is 0. The Morgan fingerprint density at radius 2 is 1.37 bits per heavy atom. The van der Waals surface area contributed by atoms with Gasteiger partial charge in [0.2, 0.25) is 0 Å². The summed E-state index contributed by atoms with van der Waals surface area (Å²) in [5, 5.41) is 7.06. The Kier molecular flexibility index (Phi) is 6.50. The predicted molar refractivity (Wildman–Crippen MR) is 209 cm³/mol. The lowest BCUT2D eigenvalue weighted by Gasteiger charge is -2.39. The van der Waals surface area contributed by atoms with Gasteiger partial charge in [-0.25, -0.2) is 4.85 Å². The molecule has 0 amide bonds. The van der Waals surface area contributed by atoms with Gasteiger partial charge in [0.25, 0.3) is 0 Å². The molecule has 1 aliphatic carbocycles. The van der Waals surface area contributed by atoms with Gasteiger partial charge in [-0.15, -0.1) is 0 Å². The minimum atomic E-state index is -0.913. The quantitative estimate of drug-likeness (QED) is 0.139. The van der Waals surface area contributed by atoms with Crippen LogP contribution in [-0.4, -0.2) is 26.3 Å². The second-order valence-electron chi connectivity index (χ2n) is 14.5. The van der Waals surface area contributed by atoms with Gasteiger partial charge >= 0.3 is 0 Å². The van der Waals surface area contributed by atoms with E-state index in [1.807, 2.05) is 6.07 Å². The van der Waals surface area contributed by atoms with E-state index in [4.69, 9.17) is 16.0 Å². The number of ether oxygens (including phenoxy) is 2. The highest BCUT2D eigenvalue weighted by Gasteiger charge is 2.45. The van der Waals surface area contributed by atoms with Gasteiger partial charge in [0.1, 0.15) is 5.75 Å². The average Bonchev–Trinajstić information content (AvgIpc) is 3.43. The molecule has 0 radical (unpaired) electrons. The van der Waals surface area contributed by atoms with Crippen LogP contribution in [0, 0.1) is 6.57 Å². The highest BCUT2D eigenvalue weighted by Crippen LogP contribution is 2.59. The van der Waals surface area contributed by atoms with Crippen molar-refractivity contribution in [3.8, 4) is 16.9 Å². The highest BCUT2D eigenvalue weighted by atomic mass is 16.5. The summed E-state index contributed by atoms with van der Waals surface area (Å²) in [5.41, 5.74) is 8.82. The van der Waals surface area contributed by atoms with Gasteiger partial charge in [-0.1, -0.05) is 123 Å². The van der Waals surface area contributed by atoms with Crippen molar-refractivity contribution in [3.63, 3.8) is 0 Å². The first-order valence-electron chi connectivity index (χ1n) is 17.8. The fourth-order valence-electron chi connectivity index (χ4n) is 9.05. The molecule has 246 valence electrons. The molecular weight excluding hydrogens is 625 g/mol. The van der Waals surface area contributed by atoms with Crippen LogP contribution in [0.5, 0.6) is 5.75 Å². The molecule has 1 atom stereocenters. The van der Waals surface area contributed by atoms with Gasteiger partial charge in [0, 0.05) is 46.3 Å². The third-order valence-corrected chi connectivity index (χ3v) is 11.5. The van der Waals surface area contributed by atoms with Crippen molar-refractivity contribution in [2.24, 2.45) is 0 Å². The molecule has 51 heavy (non-hydrogen) atoms. The minimum absolute atomic E-state index is 0.331. The van der Waals surface area contributed by atoms with Crippen molar-refractivity contribution in [1.29, 1.82) is 0 Å². The number of rotatable bonds is 3. The van der Waals surface area contributed by atoms with E-state index in [0.29, 0.717) is 5.69 Å². The number of nitrogens with zero attached hydrogens (tertiary/aromatic N) is 2. The molecule has 2 aliphatic heterocycles. The Balaban J connectivity index is 1.26. The first-order valence-corrected chi connectivity index (χ1v) is 17.8. The van der Waals surface area contributed by atoms with Crippen LogP contribution >= 0.6 is 0 Å². The lowest BCUT2D eigenvalue weighted by atomic mass is 9.76. The topological polar surface area (TPSA) is 26.1 Å². The number of hydrogen-bond donors (Lipinski definition) is 0. The van der Waals surface area contributed by atoms with E-state index in [1.165, 1.54) is 54.9 Å². The van der Waals surface area contributed by atoms with Crippen LogP contribution in [0.1, 0.15) is 41.7 Å². The molecule has 2 heterocycles. The fourth-order valence-corrected chi connectivity index (χ4v) is 9.05. The van der Waals surface area contributed by atoms with Crippen LogP contribution in [0.3, 0.4) is 0 Å². The van der Waals surface area contributed by atoms with E-state index < -0.39 is 5.60 Å². The number of hydrogen-bond acceptors (Lipinski definition) is 3. The van der Waals surface area contributed by atoms with Gasteiger partial charge in [0.15, 0.2) is 11.3 Å². The van der Waals surface area contributed by atoms with Crippen molar-refractivity contribution < 1.29 is 9.47 Å². The van der Waals surface area contributed by atoms with Gasteiger partial charge < -0.3 is 14.4 Å². The first kappa shape index (κ1) is 30.0. The first-order chi connectivity index (χ1) is 25.0. The fraction of sp³-hybridized carbons (Fsp3) is 0.170. The van der Waals surface area contributed by atoms with E-state index in [2.05, 4.69) is 151 Å². The smallest absolute Gasteiger partial charge is 0.187 e.